The maximum Gasteiger partial charge on any atom is 0.225 e. The van der Waals surface area contributed by atoms with Gasteiger partial charge in [-0.1, -0.05) is 18.2 Å². The van der Waals surface area contributed by atoms with Gasteiger partial charge in [0.2, 0.25) is 5.91 Å². The van der Waals surface area contributed by atoms with Crippen molar-refractivity contribution in [1.82, 2.24) is 15.5 Å². The van der Waals surface area contributed by atoms with E-state index in [1.807, 2.05) is 12.1 Å². The number of aromatic nitrogens is 2. The number of hydrogen-bond acceptors (Lipinski definition) is 6. The van der Waals surface area contributed by atoms with Crippen LogP contribution in [-0.2, 0) is 16.1 Å². The molecule has 0 saturated carbocycles. The second-order valence-electron chi connectivity index (χ2n) is 7.44. The molecule has 0 unspecified atom stereocenters. The number of halogens is 1. The number of anilines is 2. The Morgan fingerprint density at radius 2 is 1.79 bits per heavy atom. The zero-order chi connectivity index (χ0) is 20.1. The van der Waals surface area contributed by atoms with Crippen molar-refractivity contribution in [3.05, 3.63) is 47.8 Å². The molecule has 0 aliphatic carbocycles. The fourth-order valence-corrected chi connectivity index (χ4v) is 3.82. The Kier molecular flexibility index (Phi) is 6.19. The third-order valence-corrected chi connectivity index (χ3v) is 5.50. The van der Waals surface area contributed by atoms with Gasteiger partial charge in [-0.2, -0.15) is 0 Å². The van der Waals surface area contributed by atoms with Crippen molar-refractivity contribution in [3.63, 3.8) is 0 Å². The highest BCUT2D eigenvalue weighted by atomic mass is 19.1. The monoisotopic (exact) mass is 399 g/mol. The van der Waals surface area contributed by atoms with Gasteiger partial charge in [0.25, 0.3) is 0 Å². The van der Waals surface area contributed by atoms with E-state index in [-0.39, 0.29) is 24.2 Å². The van der Waals surface area contributed by atoms with Crippen molar-refractivity contribution in [3.8, 4) is 0 Å². The molecule has 4 rings (SSSR count). The molecule has 7 nitrogen and oxygen atoms in total. The normalized spacial score (nSPS) is 19.8. The standard InChI is InChI=1S/C21H26FN5O2/c22-18-6-2-1-4-16(18)14-23-21(28)17-5-3-9-27(15-17)20-8-7-19(24-25-20)26-10-12-29-13-11-26/h1-2,4,6-8,17H,3,5,9-15H2,(H,23,28)/t17-/m0/s1. The van der Waals surface area contributed by atoms with Crippen molar-refractivity contribution in [2.75, 3.05) is 49.2 Å². The fourth-order valence-electron chi connectivity index (χ4n) is 3.82. The molecular weight excluding hydrogens is 373 g/mol. The molecule has 1 aromatic carbocycles. The highest BCUT2D eigenvalue weighted by Crippen LogP contribution is 2.23. The van der Waals surface area contributed by atoms with Gasteiger partial charge in [0.05, 0.1) is 19.1 Å². The minimum Gasteiger partial charge on any atom is -0.378 e. The van der Waals surface area contributed by atoms with E-state index in [1.54, 1.807) is 18.2 Å². The molecule has 2 saturated heterocycles. The topological polar surface area (TPSA) is 70.6 Å². The number of carbonyl (C=O) groups is 1. The van der Waals surface area contributed by atoms with E-state index in [2.05, 4.69) is 25.3 Å². The van der Waals surface area contributed by atoms with Crippen molar-refractivity contribution >= 4 is 17.5 Å². The molecule has 1 aromatic heterocycles. The molecule has 1 atom stereocenters. The second-order valence-corrected chi connectivity index (χ2v) is 7.44. The SMILES string of the molecule is O=C(NCc1ccccc1F)[C@H]1CCCN(c2ccc(N3CCOCC3)nn2)C1. The summed E-state index contributed by atoms with van der Waals surface area (Å²) in [6.45, 7) is 4.70. The summed E-state index contributed by atoms with van der Waals surface area (Å²) >= 11 is 0. The van der Waals surface area contributed by atoms with Crippen molar-refractivity contribution in [2.24, 2.45) is 5.92 Å². The minimum absolute atomic E-state index is 0.0455. The molecule has 1 N–H and O–H groups in total. The molecule has 0 radical (unpaired) electrons. The maximum atomic E-state index is 13.7. The molecular formula is C21H26FN5O2. The molecule has 2 aliphatic heterocycles. The third-order valence-electron chi connectivity index (χ3n) is 5.50. The molecule has 1 amide bonds. The number of nitrogens with zero attached hydrogens (tertiary/aromatic N) is 4. The van der Waals surface area contributed by atoms with Crippen molar-refractivity contribution in [1.29, 1.82) is 0 Å². The number of morpholine rings is 1. The number of benzene rings is 1. The first-order valence-corrected chi connectivity index (χ1v) is 10.1. The molecule has 0 bridgehead atoms. The van der Waals surface area contributed by atoms with Crippen LogP contribution in [0.15, 0.2) is 36.4 Å². The van der Waals surface area contributed by atoms with Crippen molar-refractivity contribution in [2.45, 2.75) is 19.4 Å². The zero-order valence-corrected chi connectivity index (χ0v) is 16.4. The molecule has 3 heterocycles. The summed E-state index contributed by atoms with van der Waals surface area (Å²) in [5.41, 5.74) is 0.498. The van der Waals surface area contributed by atoms with Gasteiger partial charge < -0.3 is 19.9 Å². The van der Waals surface area contributed by atoms with E-state index >= 15 is 0 Å². The van der Waals surface area contributed by atoms with Gasteiger partial charge in [0.15, 0.2) is 11.6 Å². The number of hydrogen-bond donors (Lipinski definition) is 1. The van der Waals surface area contributed by atoms with Gasteiger partial charge in [0, 0.05) is 38.3 Å². The predicted molar refractivity (Wildman–Crippen MR) is 108 cm³/mol. The van der Waals surface area contributed by atoms with E-state index in [1.165, 1.54) is 6.07 Å². The first kappa shape index (κ1) is 19.6. The summed E-state index contributed by atoms with van der Waals surface area (Å²) < 4.78 is 19.1. The van der Waals surface area contributed by atoms with Gasteiger partial charge in [-0.25, -0.2) is 4.39 Å². The second kappa shape index (κ2) is 9.17. The molecule has 29 heavy (non-hydrogen) atoms. The fraction of sp³-hybridized carbons (Fsp3) is 0.476. The molecule has 8 heteroatoms. The van der Waals surface area contributed by atoms with Gasteiger partial charge in [-0.15, -0.1) is 10.2 Å². The number of amides is 1. The highest BCUT2D eigenvalue weighted by molar-refractivity contribution is 5.79. The van der Waals surface area contributed by atoms with Crippen LogP contribution in [0, 0.1) is 11.7 Å². The Morgan fingerprint density at radius 1 is 1.07 bits per heavy atom. The van der Waals surface area contributed by atoms with Crippen molar-refractivity contribution < 1.29 is 13.9 Å². The largest absolute Gasteiger partial charge is 0.378 e. The summed E-state index contributed by atoms with van der Waals surface area (Å²) in [7, 11) is 0. The summed E-state index contributed by atoms with van der Waals surface area (Å²) in [6.07, 6.45) is 1.73. The quantitative estimate of drug-likeness (QED) is 0.829. The third kappa shape index (κ3) is 4.82. The zero-order valence-electron chi connectivity index (χ0n) is 16.4. The summed E-state index contributed by atoms with van der Waals surface area (Å²) in [5, 5.41) is 11.6. The summed E-state index contributed by atoms with van der Waals surface area (Å²) in [5.74, 6) is 1.16. The van der Waals surface area contributed by atoms with Crippen LogP contribution in [0.2, 0.25) is 0 Å². The average molecular weight is 399 g/mol. The maximum absolute atomic E-state index is 13.7. The van der Waals surface area contributed by atoms with Crippen LogP contribution in [0.3, 0.4) is 0 Å². The van der Waals surface area contributed by atoms with Crippen LogP contribution in [0.5, 0.6) is 0 Å². The number of nitrogens with one attached hydrogen (secondary N) is 1. The van der Waals surface area contributed by atoms with Gasteiger partial charge >= 0.3 is 0 Å². The molecule has 2 fully saturated rings. The van der Waals surface area contributed by atoms with E-state index < -0.39 is 0 Å². The highest BCUT2D eigenvalue weighted by Gasteiger charge is 2.27. The average Bonchev–Trinajstić information content (AvgIpc) is 2.79. The Labute approximate surface area is 169 Å². The van der Waals surface area contributed by atoms with Gasteiger partial charge in [-0.3, -0.25) is 4.79 Å². The van der Waals surface area contributed by atoms with E-state index in [0.717, 1.165) is 44.1 Å². The summed E-state index contributed by atoms with van der Waals surface area (Å²) in [4.78, 5) is 16.9. The Bertz CT molecular complexity index is 826. The molecule has 0 spiro atoms. The predicted octanol–water partition coefficient (Wildman–Crippen LogP) is 1.99. The van der Waals surface area contributed by atoms with Gasteiger partial charge in [-0.05, 0) is 31.0 Å². The van der Waals surface area contributed by atoms with Crippen LogP contribution < -0.4 is 15.1 Å². The van der Waals surface area contributed by atoms with Crippen LogP contribution in [0.25, 0.3) is 0 Å². The Hall–Kier alpha value is -2.74. The minimum atomic E-state index is -0.297. The van der Waals surface area contributed by atoms with E-state index in [0.29, 0.717) is 25.3 Å². The van der Waals surface area contributed by atoms with Gasteiger partial charge in [0.1, 0.15) is 5.82 Å². The lowest BCUT2D eigenvalue weighted by Gasteiger charge is -2.33. The molecule has 2 aromatic rings. The Balaban J connectivity index is 1.34. The summed E-state index contributed by atoms with van der Waals surface area (Å²) in [6, 6.07) is 10.5. The Morgan fingerprint density at radius 3 is 2.52 bits per heavy atom. The lowest BCUT2D eigenvalue weighted by Crippen LogP contribution is -2.43. The smallest absolute Gasteiger partial charge is 0.225 e. The van der Waals surface area contributed by atoms with E-state index in [4.69, 9.17) is 4.74 Å². The first-order valence-electron chi connectivity index (χ1n) is 10.1. The number of ether oxygens (including phenoxy) is 1. The lowest BCUT2D eigenvalue weighted by molar-refractivity contribution is -0.125. The van der Waals surface area contributed by atoms with Crippen LogP contribution in [0.4, 0.5) is 16.0 Å². The first-order chi connectivity index (χ1) is 14.2. The van der Waals surface area contributed by atoms with Crippen LogP contribution in [-0.4, -0.2) is 55.5 Å². The molecule has 154 valence electrons. The number of carbonyl (C=O) groups excluding carboxylic acids is 1. The van der Waals surface area contributed by atoms with E-state index in [9.17, 15) is 9.18 Å². The van der Waals surface area contributed by atoms with Crippen LogP contribution >= 0.6 is 0 Å². The van der Waals surface area contributed by atoms with Crippen LogP contribution in [0.1, 0.15) is 18.4 Å². The number of rotatable bonds is 5. The lowest BCUT2D eigenvalue weighted by atomic mass is 9.97. The number of piperidine rings is 1. The molecule has 2 aliphatic rings.